The van der Waals surface area contributed by atoms with E-state index in [0.29, 0.717) is 11.3 Å². The van der Waals surface area contributed by atoms with Crippen LogP contribution in [0.3, 0.4) is 0 Å². The second-order valence-corrected chi connectivity index (χ2v) is 6.69. The number of carbonyl (C=O) groups excluding carboxylic acids is 1. The van der Waals surface area contributed by atoms with E-state index in [-0.39, 0.29) is 17.6 Å². The Morgan fingerprint density at radius 1 is 1.41 bits per heavy atom. The molecule has 1 heterocycles. The zero-order chi connectivity index (χ0) is 15.5. The van der Waals surface area contributed by atoms with Crippen molar-refractivity contribution in [1.82, 2.24) is 4.57 Å². The van der Waals surface area contributed by atoms with Gasteiger partial charge in [0.15, 0.2) is 4.80 Å². The van der Waals surface area contributed by atoms with Crippen molar-refractivity contribution in [1.29, 1.82) is 0 Å². The maximum absolute atomic E-state index is 13.4. The van der Waals surface area contributed by atoms with Crippen LogP contribution < -0.4 is 4.80 Å². The van der Waals surface area contributed by atoms with E-state index in [1.807, 2.05) is 4.57 Å². The van der Waals surface area contributed by atoms with Crippen molar-refractivity contribution in [2.24, 2.45) is 10.9 Å². The molecule has 0 N–H and O–H groups in total. The molecule has 1 aromatic carbocycles. The molecule has 22 heavy (non-hydrogen) atoms. The van der Waals surface area contributed by atoms with Crippen molar-refractivity contribution in [2.45, 2.75) is 38.6 Å². The second-order valence-electron chi connectivity index (χ2n) is 5.68. The number of thiazole rings is 1. The normalized spacial score (nSPS) is 17.0. The van der Waals surface area contributed by atoms with Gasteiger partial charge in [0.2, 0.25) is 0 Å². The van der Waals surface area contributed by atoms with Gasteiger partial charge in [0.25, 0.3) is 5.91 Å². The molecule has 0 saturated heterocycles. The molecular weight excluding hydrogens is 299 g/mol. The van der Waals surface area contributed by atoms with Crippen LogP contribution in [0.1, 0.15) is 32.1 Å². The highest BCUT2D eigenvalue weighted by Crippen LogP contribution is 2.25. The highest BCUT2D eigenvalue weighted by molar-refractivity contribution is 7.16. The van der Waals surface area contributed by atoms with Crippen LogP contribution in [0, 0.1) is 11.7 Å². The molecule has 5 heteroatoms. The van der Waals surface area contributed by atoms with Crippen LogP contribution in [-0.4, -0.2) is 10.5 Å². The molecule has 0 atom stereocenters. The van der Waals surface area contributed by atoms with E-state index in [4.69, 9.17) is 0 Å². The Labute approximate surface area is 132 Å². The molecule has 1 saturated carbocycles. The van der Waals surface area contributed by atoms with Crippen LogP contribution in [-0.2, 0) is 11.3 Å². The Hall–Kier alpha value is -1.75. The lowest BCUT2D eigenvalue weighted by Crippen LogP contribution is -2.21. The van der Waals surface area contributed by atoms with Crippen molar-refractivity contribution in [2.75, 3.05) is 0 Å². The number of benzene rings is 1. The van der Waals surface area contributed by atoms with E-state index in [9.17, 15) is 9.18 Å². The molecule has 3 rings (SSSR count). The minimum absolute atomic E-state index is 0.0375. The molecule has 0 bridgehead atoms. The van der Waals surface area contributed by atoms with Crippen LogP contribution in [0.4, 0.5) is 4.39 Å². The number of hydrogen-bond donors (Lipinski definition) is 0. The molecule has 116 valence electrons. The Morgan fingerprint density at radius 2 is 2.18 bits per heavy atom. The number of fused-ring (bicyclic) bond motifs is 1. The van der Waals surface area contributed by atoms with Crippen molar-refractivity contribution >= 4 is 27.5 Å². The molecule has 3 nitrogen and oxygen atoms in total. The van der Waals surface area contributed by atoms with Gasteiger partial charge < -0.3 is 4.57 Å². The number of rotatable bonds is 3. The predicted octanol–water partition coefficient (Wildman–Crippen LogP) is 4.04. The number of allylic oxidation sites excluding steroid dienone is 1. The first-order valence-corrected chi connectivity index (χ1v) is 8.49. The van der Waals surface area contributed by atoms with E-state index in [1.165, 1.54) is 29.9 Å². The van der Waals surface area contributed by atoms with Gasteiger partial charge in [-0.25, -0.2) is 4.39 Å². The van der Waals surface area contributed by atoms with E-state index in [1.54, 1.807) is 12.1 Å². The molecule has 1 aliphatic rings. The molecule has 0 radical (unpaired) electrons. The number of hydrogen-bond acceptors (Lipinski definition) is 2. The summed E-state index contributed by atoms with van der Waals surface area (Å²) in [5, 5.41) is 0. The smallest absolute Gasteiger partial charge is 0.251 e. The number of carbonyl (C=O) groups is 1. The maximum atomic E-state index is 13.4. The van der Waals surface area contributed by atoms with Crippen molar-refractivity contribution < 1.29 is 9.18 Å². The molecule has 2 aromatic rings. The van der Waals surface area contributed by atoms with Gasteiger partial charge in [-0.15, -0.1) is 6.58 Å². The topological polar surface area (TPSA) is 34.4 Å². The molecular formula is C17H19FN2OS. The predicted molar refractivity (Wildman–Crippen MR) is 87.1 cm³/mol. The average molecular weight is 318 g/mol. The first-order valence-electron chi connectivity index (χ1n) is 7.67. The van der Waals surface area contributed by atoms with E-state index in [2.05, 4.69) is 11.6 Å². The Bertz CT molecular complexity index is 769. The summed E-state index contributed by atoms with van der Waals surface area (Å²) in [4.78, 5) is 17.4. The van der Waals surface area contributed by atoms with Crippen molar-refractivity contribution in [3.8, 4) is 0 Å². The summed E-state index contributed by atoms with van der Waals surface area (Å²) in [5.41, 5.74) is 0.890. The van der Waals surface area contributed by atoms with Crippen LogP contribution in [0.5, 0.6) is 0 Å². The first kappa shape index (κ1) is 15.2. The fourth-order valence-electron chi connectivity index (χ4n) is 2.97. The third-order valence-corrected chi connectivity index (χ3v) is 5.16. The lowest BCUT2D eigenvalue weighted by molar-refractivity contribution is -0.122. The summed E-state index contributed by atoms with van der Waals surface area (Å²) < 4.78 is 16.1. The van der Waals surface area contributed by atoms with Gasteiger partial charge in [0.1, 0.15) is 5.82 Å². The zero-order valence-corrected chi connectivity index (χ0v) is 13.2. The van der Waals surface area contributed by atoms with Gasteiger partial charge in [-0.05, 0) is 31.0 Å². The van der Waals surface area contributed by atoms with E-state index < -0.39 is 0 Å². The Kier molecular flexibility index (Phi) is 4.52. The Balaban J connectivity index is 2.04. The maximum Gasteiger partial charge on any atom is 0.251 e. The number of aromatic nitrogens is 1. The van der Waals surface area contributed by atoms with E-state index >= 15 is 0 Å². The molecule has 0 aliphatic heterocycles. The van der Waals surface area contributed by atoms with Gasteiger partial charge in [0, 0.05) is 12.5 Å². The van der Waals surface area contributed by atoms with E-state index in [0.717, 1.165) is 35.9 Å². The lowest BCUT2D eigenvalue weighted by Gasteiger charge is -2.17. The van der Waals surface area contributed by atoms with Crippen LogP contribution >= 0.6 is 11.3 Å². The summed E-state index contributed by atoms with van der Waals surface area (Å²) in [6.45, 7) is 4.31. The highest BCUT2D eigenvalue weighted by Gasteiger charge is 2.21. The fourth-order valence-corrected chi connectivity index (χ4v) is 4.04. The molecule has 1 amide bonds. The van der Waals surface area contributed by atoms with Crippen molar-refractivity contribution in [3.63, 3.8) is 0 Å². The summed E-state index contributed by atoms with van der Waals surface area (Å²) in [6.07, 6.45) is 7.06. The molecule has 0 spiro atoms. The monoisotopic (exact) mass is 318 g/mol. The van der Waals surface area contributed by atoms with Gasteiger partial charge in [-0.3, -0.25) is 4.79 Å². The number of amides is 1. The number of halogens is 1. The molecule has 1 fully saturated rings. The van der Waals surface area contributed by atoms with Gasteiger partial charge in [-0.2, -0.15) is 4.99 Å². The fraction of sp³-hybridized carbons (Fsp3) is 0.412. The summed E-state index contributed by atoms with van der Waals surface area (Å²) in [7, 11) is 0. The lowest BCUT2D eigenvalue weighted by atomic mass is 9.89. The highest BCUT2D eigenvalue weighted by atomic mass is 32.1. The summed E-state index contributed by atoms with van der Waals surface area (Å²) in [5.74, 6) is -0.262. The standard InChI is InChI=1S/C17H19FN2OS/c1-2-10-20-14-9-8-13(18)11-15(14)22-17(20)19-16(21)12-6-4-3-5-7-12/h2,8-9,11-12H,1,3-7,10H2. The molecule has 0 unspecified atom stereocenters. The van der Waals surface area contributed by atoms with Crippen LogP contribution in [0.15, 0.2) is 35.8 Å². The molecule has 1 aliphatic carbocycles. The van der Waals surface area contributed by atoms with Crippen molar-refractivity contribution in [3.05, 3.63) is 41.5 Å². The average Bonchev–Trinajstić information content (AvgIpc) is 2.85. The van der Waals surface area contributed by atoms with Gasteiger partial charge >= 0.3 is 0 Å². The van der Waals surface area contributed by atoms with Crippen LogP contribution in [0.2, 0.25) is 0 Å². The largest absolute Gasteiger partial charge is 0.313 e. The zero-order valence-electron chi connectivity index (χ0n) is 12.4. The number of nitrogens with zero attached hydrogens (tertiary/aromatic N) is 2. The minimum Gasteiger partial charge on any atom is -0.313 e. The molecule has 1 aromatic heterocycles. The minimum atomic E-state index is -0.273. The van der Waals surface area contributed by atoms with Gasteiger partial charge in [0.05, 0.1) is 10.2 Å². The first-order chi connectivity index (χ1) is 10.7. The quantitative estimate of drug-likeness (QED) is 0.787. The van der Waals surface area contributed by atoms with Gasteiger partial charge in [-0.1, -0.05) is 36.7 Å². The third kappa shape index (κ3) is 3.04. The second kappa shape index (κ2) is 6.57. The SMILES string of the molecule is C=CCn1c(=NC(=O)C2CCCCC2)sc2cc(F)ccc21. The summed E-state index contributed by atoms with van der Waals surface area (Å²) >= 11 is 1.36. The van der Waals surface area contributed by atoms with Crippen LogP contribution in [0.25, 0.3) is 10.2 Å². The Morgan fingerprint density at radius 3 is 2.91 bits per heavy atom. The third-order valence-electron chi connectivity index (χ3n) is 4.12. The summed E-state index contributed by atoms with van der Waals surface area (Å²) in [6, 6.07) is 4.65.